The van der Waals surface area contributed by atoms with Gasteiger partial charge in [-0.2, -0.15) is 0 Å². The van der Waals surface area contributed by atoms with Crippen LogP contribution in [0.4, 0.5) is 5.69 Å². The van der Waals surface area contributed by atoms with E-state index >= 15 is 0 Å². The molecule has 0 aromatic heterocycles. The fourth-order valence-electron chi connectivity index (χ4n) is 1.61. The number of hydrogen-bond acceptors (Lipinski definition) is 1. The molecule has 2 nitrogen and oxygen atoms in total. The van der Waals surface area contributed by atoms with Gasteiger partial charge >= 0.3 is 0 Å². The van der Waals surface area contributed by atoms with Crippen molar-refractivity contribution in [3.05, 3.63) is 60.4 Å². The van der Waals surface area contributed by atoms with E-state index in [0.29, 0.717) is 25.8 Å². The third kappa shape index (κ3) is 3.55. The monoisotopic (exact) mass is 435 g/mol. The van der Waals surface area contributed by atoms with Gasteiger partial charge in [-0.3, -0.25) is 4.79 Å². The van der Waals surface area contributed by atoms with Crippen molar-refractivity contribution in [1.82, 2.24) is 0 Å². The molecule has 1 amide bonds. The summed E-state index contributed by atoms with van der Waals surface area (Å²) in [6, 6.07) is 8.68. The molecule has 6 heteroatoms. The first-order chi connectivity index (χ1) is 9.38. The second kappa shape index (κ2) is 6.48. The Morgan fingerprint density at radius 3 is 2.45 bits per heavy atom. The number of amides is 1. The fraction of sp³-hybridized carbons (Fsp3) is 0.0714. The molecule has 1 N–H and O–H groups in total. The second-order valence-corrected chi connectivity index (χ2v) is 6.74. The van der Waals surface area contributed by atoms with E-state index < -0.39 is 0 Å². The fourth-order valence-corrected chi connectivity index (χ4v) is 3.26. The summed E-state index contributed by atoms with van der Waals surface area (Å²) in [6.07, 6.45) is 0. The van der Waals surface area contributed by atoms with Gasteiger partial charge in [0.15, 0.2) is 0 Å². The molecule has 2 aromatic carbocycles. The first-order valence-corrected chi connectivity index (χ1v) is 7.94. The van der Waals surface area contributed by atoms with Crippen LogP contribution in [0, 0.1) is 6.92 Å². The zero-order chi connectivity index (χ0) is 14.9. The Hall–Kier alpha value is -0.550. The molecule has 0 aliphatic rings. The molecule has 0 heterocycles. The van der Waals surface area contributed by atoms with Crippen molar-refractivity contribution in [3.8, 4) is 0 Å². The first kappa shape index (κ1) is 15.8. The predicted octanol–water partition coefficient (Wildman–Crippen LogP) is 6.08. The zero-order valence-corrected chi connectivity index (χ0v) is 15.0. The summed E-state index contributed by atoms with van der Waals surface area (Å²) in [6.45, 7) is 1.85. The molecule has 20 heavy (non-hydrogen) atoms. The molecule has 2 aromatic rings. The smallest absolute Gasteiger partial charge is 0.256 e. The van der Waals surface area contributed by atoms with Gasteiger partial charge in [-0.25, -0.2) is 0 Å². The number of anilines is 1. The quantitative estimate of drug-likeness (QED) is 0.606. The largest absolute Gasteiger partial charge is 0.321 e. The van der Waals surface area contributed by atoms with Crippen LogP contribution < -0.4 is 5.32 Å². The highest BCUT2D eigenvalue weighted by Gasteiger charge is 2.13. The van der Waals surface area contributed by atoms with Crippen LogP contribution in [0.3, 0.4) is 0 Å². The summed E-state index contributed by atoms with van der Waals surface area (Å²) in [4.78, 5) is 12.2. The van der Waals surface area contributed by atoms with Gasteiger partial charge in [0.1, 0.15) is 0 Å². The van der Waals surface area contributed by atoms with Crippen molar-refractivity contribution in [2.24, 2.45) is 0 Å². The van der Waals surface area contributed by atoms with Gasteiger partial charge in [-0.15, -0.1) is 0 Å². The maximum Gasteiger partial charge on any atom is 0.256 e. The highest BCUT2D eigenvalue weighted by molar-refractivity contribution is 9.11. The molecule has 0 radical (unpaired) electrons. The van der Waals surface area contributed by atoms with Crippen LogP contribution in [0.15, 0.2) is 39.3 Å². The molecule has 0 bridgehead atoms. The van der Waals surface area contributed by atoms with Crippen molar-refractivity contribution in [1.29, 1.82) is 0 Å². The minimum Gasteiger partial charge on any atom is -0.321 e. The highest BCUT2D eigenvalue weighted by Crippen LogP contribution is 2.30. The SMILES string of the molecule is Cc1cc(Cl)c(NC(=O)c2ccc(Br)cc2Br)cc1Cl. The predicted molar refractivity (Wildman–Crippen MR) is 91.0 cm³/mol. The summed E-state index contributed by atoms with van der Waals surface area (Å²) in [5, 5.41) is 3.76. The number of benzene rings is 2. The molecule has 0 aliphatic heterocycles. The molecule has 0 spiro atoms. The van der Waals surface area contributed by atoms with Gasteiger partial charge in [0, 0.05) is 14.0 Å². The number of aryl methyl sites for hydroxylation is 1. The number of carbonyl (C=O) groups excluding carboxylic acids is 1. The summed E-state index contributed by atoms with van der Waals surface area (Å²) >= 11 is 18.8. The second-order valence-electron chi connectivity index (χ2n) is 4.16. The molecule has 2 rings (SSSR count). The lowest BCUT2D eigenvalue weighted by atomic mass is 10.2. The van der Waals surface area contributed by atoms with E-state index in [1.807, 2.05) is 6.92 Å². The lowest BCUT2D eigenvalue weighted by molar-refractivity contribution is 0.102. The number of rotatable bonds is 2. The van der Waals surface area contributed by atoms with E-state index in [4.69, 9.17) is 23.2 Å². The zero-order valence-electron chi connectivity index (χ0n) is 10.3. The van der Waals surface area contributed by atoms with Crippen LogP contribution in [0.1, 0.15) is 15.9 Å². The Morgan fingerprint density at radius 2 is 1.80 bits per heavy atom. The molecule has 0 aliphatic carbocycles. The lowest BCUT2D eigenvalue weighted by Crippen LogP contribution is -2.13. The molecule has 0 atom stereocenters. The molecular weight excluding hydrogens is 429 g/mol. The maximum absolute atomic E-state index is 12.2. The van der Waals surface area contributed by atoms with Crippen molar-refractivity contribution < 1.29 is 4.79 Å². The van der Waals surface area contributed by atoms with Crippen LogP contribution in [0.25, 0.3) is 0 Å². The number of nitrogens with one attached hydrogen (secondary N) is 1. The molecular formula is C14H9Br2Cl2NO. The first-order valence-electron chi connectivity index (χ1n) is 5.60. The molecule has 0 saturated carbocycles. The molecule has 0 saturated heterocycles. The van der Waals surface area contributed by atoms with E-state index in [1.165, 1.54) is 0 Å². The van der Waals surface area contributed by atoms with Crippen molar-refractivity contribution in [2.45, 2.75) is 6.92 Å². The van der Waals surface area contributed by atoms with E-state index in [2.05, 4.69) is 37.2 Å². The number of hydrogen-bond donors (Lipinski definition) is 1. The van der Waals surface area contributed by atoms with Crippen LogP contribution in [-0.4, -0.2) is 5.91 Å². The number of carbonyl (C=O) groups is 1. The minimum absolute atomic E-state index is 0.258. The van der Waals surface area contributed by atoms with E-state index in [0.717, 1.165) is 10.0 Å². The maximum atomic E-state index is 12.2. The average Bonchev–Trinajstić information content (AvgIpc) is 2.35. The summed E-state index contributed by atoms with van der Waals surface area (Å²) < 4.78 is 1.58. The van der Waals surface area contributed by atoms with Gasteiger partial charge < -0.3 is 5.32 Å². The summed E-state index contributed by atoms with van der Waals surface area (Å²) in [5.41, 5.74) is 1.86. The number of halogens is 4. The van der Waals surface area contributed by atoms with Gasteiger partial charge in [0.25, 0.3) is 5.91 Å². The van der Waals surface area contributed by atoms with Crippen molar-refractivity contribution >= 4 is 66.7 Å². The van der Waals surface area contributed by atoms with E-state index in [9.17, 15) is 4.79 Å². The van der Waals surface area contributed by atoms with Gasteiger partial charge in [0.2, 0.25) is 0 Å². The van der Waals surface area contributed by atoms with E-state index in [1.54, 1.807) is 30.3 Å². The third-order valence-corrected chi connectivity index (χ3v) is 4.54. The van der Waals surface area contributed by atoms with Gasteiger partial charge in [-0.05, 0) is 58.7 Å². The van der Waals surface area contributed by atoms with E-state index in [-0.39, 0.29) is 5.91 Å². The van der Waals surface area contributed by atoms with Crippen LogP contribution in [0.5, 0.6) is 0 Å². The average molecular weight is 438 g/mol. The third-order valence-electron chi connectivity index (χ3n) is 2.67. The standard InChI is InChI=1S/C14H9Br2Cl2NO/c1-7-4-12(18)13(6-11(7)17)19-14(20)9-3-2-8(15)5-10(9)16/h2-6H,1H3,(H,19,20). The van der Waals surface area contributed by atoms with Gasteiger partial charge in [-0.1, -0.05) is 39.1 Å². The van der Waals surface area contributed by atoms with Gasteiger partial charge in [0.05, 0.1) is 16.3 Å². The molecule has 0 unspecified atom stereocenters. The Bertz CT molecular complexity index is 689. The van der Waals surface area contributed by atoms with Crippen LogP contribution in [0.2, 0.25) is 10.0 Å². The molecule has 0 fully saturated rings. The van der Waals surface area contributed by atoms with Crippen LogP contribution in [-0.2, 0) is 0 Å². The Labute approximate surface area is 143 Å². The molecule has 104 valence electrons. The normalized spacial score (nSPS) is 10.4. The highest BCUT2D eigenvalue weighted by atomic mass is 79.9. The van der Waals surface area contributed by atoms with Crippen molar-refractivity contribution in [2.75, 3.05) is 5.32 Å². The van der Waals surface area contributed by atoms with Crippen LogP contribution >= 0.6 is 55.1 Å². The minimum atomic E-state index is -0.258. The Kier molecular flexibility index (Phi) is 5.13. The Balaban J connectivity index is 2.30. The summed E-state index contributed by atoms with van der Waals surface area (Å²) in [5.74, 6) is -0.258. The van der Waals surface area contributed by atoms with Crippen molar-refractivity contribution in [3.63, 3.8) is 0 Å². The Morgan fingerprint density at radius 1 is 1.10 bits per heavy atom. The summed E-state index contributed by atoms with van der Waals surface area (Å²) in [7, 11) is 0. The lowest BCUT2D eigenvalue weighted by Gasteiger charge is -2.10. The topological polar surface area (TPSA) is 29.1 Å².